The molecule has 0 heterocycles. The summed E-state index contributed by atoms with van der Waals surface area (Å²) >= 11 is 0. The van der Waals surface area contributed by atoms with Gasteiger partial charge in [0.1, 0.15) is 0 Å². The van der Waals surface area contributed by atoms with E-state index in [0.717, 1.165) is 25.9 Å². The second-order valence-corrected chi connectivity index (χ2v) is 8.03. The fraction of sp³-hybridized carbons (Fsp3) is 0.958. The number of rotatable bonds is 20. The summed E-state index contributed by atoms with van der Waals surface area (Å²) in [5.41, 5.74) is 0. The highest BCUT2D eigenvalue weighted by Gasteiger charge is 2.10. The van der Waals surface area contributed by atoms with Crippen LogP contribution in [-0.4, -0.2) is 23.9 Å². The van der Waals surface area contributed by atoms with E-state index >= 15 is 0 Å². The molecule has 0 aromatic heterocycles. The van der Waals surface area contributed by atoms with Crippen molar-refractivity contribution in [1.82, 2.24) is 4.90 Å². The van der Waals surface area contributed by atoms with Crippen LogP contribution in [0.4, 0.5) is 0 Å². The van der Waals surface area contributed by atoms with Crippen LogP contribution in [0.3, 0.4) is 0 Å². The molecule has 0 radical (unpaired) electrons. The van der Waals surface area contributed by atoms with E-state index in [4.69, 9.17) is 0 Å². The molecule has 26 heavy (non-hydrogen) atoms. The normalized spacial score (nSPS) is 11.0. The lowest BCUT2D eigenvalue weighted by atomic mass is 10.0. The van der Waals surface area contributed by atoms with Crippen LogP contribution in [0, 0.1) is 0 Å². The molecule has 156 valence electrons. The first-order chi connectivity index (χ1) is 12.8. The van der Waals surface area contributed by atoms with Crippen LogP contribution >= 0.6 is 0 Å². The Kier molecular flexibility index (Phi) is 20.4. The standard InChI is InChI=1S/C24H49NO/c1-4-7-9-10-11-12-13-14-15-16-17-18-19-21-23-25(6-3)24(26)22-20-8-5-2/h4-23H2,1-3H3. The largest absolute Gasteiger partial charge is 0.343 e. The number of hydrogen-bond donors (Lipinski definition) is 0. The molecule has 0 aliphatic rings. The molecular formula is C24H49NO. The van der Waals surface area contributed by atoms with E-state index < -0.39 is 0 Å². The molecule has 0 saturated carbocycles. The van der Waals surface area contributed by atoms with Gasteiger partial charge in [-0.15, -0.1) is 0 Å². The number of hydrogen-bond acceptors (Lipinski definition) is 1. The molecule has 2 heteroatoms. The highest BCUT2D eigenvalue weighted by molar-refractivity contribution is 5.76. The van der Waals surface area contributed by atoms with Crippen molar-refractivity contribution in [3.05, 3.63) is 0 Å². The van der Waals surface area contributed by atoms with Gasteiger partial charge in [-0.3, -0.25) is 4.79 Å². The second-order valence-electron chi connectivity index (χ2n) is 8.03. The molecule has 0 fully saturated rings. The Morgan fingerprint density at radius 1 is 0.538 bits per heavy atom. The first-order valence-electron chi connectivity index (χ1n) is 12.0. The van der Waals surface area contributed by atoms with Crippen molar-refractivity contribution < 1.29 is 4.79 Å². The van der Waals surface area contributed by atoms with Crippen LogP contribution in [0.2, 0.25) is 0 Å². The maximum Gasteiger partial charge on any atom is 0.222 e. The number of carbonyl (C=O) groups excluding carboxylic acids is 1. The SMILES string of the molecule is CCCCCCCCCCCCCCCCN(CC)C(=O)CCCCC. The third-order valence-electron chi connectivity index (χ3n) is 5.51. The summed E-state index contributed by atoms with van der Waals surface area (Å²) in [7, 11) is 0. The molecule has 0 N–H and O–H groups in total. The highest BCUT2D eigenvalue weighted by Crippen LogP contribution is 2.13. The van der Waals surface area contributed by atoms with Gasteiger partial charge in [-0.25, -0.2) is 0 Å². The minimum Gasteiger partial charge on any atom is -0.343 e. The van der Waals surface area contributed by atoms with Gasteiger partial charge in [0.15, 0.2) is 0 Å². The monoisotopic (exact) mass is 367 g/mol. The van der Waals surface area contributed by atoms with Gasteiger partial charge in [-0.05, 0) is 19.8 Å². The fourth-order valence-corrected chi connectivity index (χ4v) is 3.64. The summed E-state index contributed by atoms with van der Waals surface area (Å²) in [6, 6.07) is 0. The maximum atomic E-state index is 12.1. The summed E-state index contributed by atoms with van der Waals surface area (Å²) in [4.78, 5) is 14.2. The average Bonchev–Trinajstić information content (AvgIpc) is 2.65. The Hall–Kier alpha value is -0.530. The first-order valence-corrected chi connectivity index (χ1v) is 12.0. The smallest absolute Gasteiger partial charge is 0.222 e. The highest BCUT2D eigenvalue weighted by atomic mass is 16.2. The number of nitrogens with zero attached hydrogens (tertiary/aromatic N) is 1. The van der Waals surface area contributed by atoms with Crippen LogP contribution in [0.15, 0.2) is 0 Å². The van der Waals surface area contributed by atoms with Gasteiger partial charge >= 0.3 is 0 Å². The van der Waals surface area contributed by atoms with E-state index in [9.17, 15) is 4.79 Å². The average molecular weight is 368 g/mol. The van der Waals surface area contributed by atoms with Gasteiger partial charge in [-0.1, -0.05) is 110 Å². The molecular weight excluding hydrogens is 318 g/mol. The van der Waals surface area contributed by atoms with E-state index in [1.165, 1.54) is 103 Å². The number of unbranched alkanes of at least 4 members (excludes halogenated alkanes) is 15. The Bertz CT molecular complexity index is 290. The van der Waals surface area contributed by atoms with Crippen molar-refractivity contribution in [3.63, 3.8) is 0 Å². The van der Waals surface area contributed by atoms with Crippen LogP contribution < -0.4 is 0 Å². The topological polar surface area (TPSA) is 20.3 Å². The van der Waals surface area contributed by atoms with E-state index in [1.54, 1.807) is 0 Å². The first kappa shape index (κ1) is 25.5. The molecule has 0 unspecified atom stereocenters. The fourth-order valence-electron chi connectivity index (χ4n) is 3.64. The van der Waals surface area contributed by atoms with Crippen molar-refractivity contribution in [2.24, 2.45) is 0 Å². The quantitative estimate of drug-likeness (QED) is 0.200. The Labute approximate surface area is 165 Å². The zero-order valence-electron chi connectivity index (χ0n) is 18.5. The number of carbonyl (C=O) groups is 1. The van der Waals surface area contributed by atoms with Crippen molar-refractivity contribution in [1.29, 1.82) is 0 Å². The van der Waals surface area contributed by atoms with Crippen molar-refractivity contribution in [2.45, 2.75) is 136 Å². The summed E-state index contributed by atoms with van der Waals surface area (Å²) in [5, 5.41) is 0. The van der Waals surface area contributed by atoms with Gasteiger partial charge in [0, 0.05) is 19.5 Å². The summed E-state index contributed by atoms with van der Waals surface area (Å²) in [5.74, 6) is 0.371. The summed E-state index contributed by atoms with van der Waals surface area (Å²) in [6.45, 7) is 8.44. The third-order valence-corrected chi connectivity index (χ3v) is 5.51. The third kappa shape index (κ3) is 16.9. The van der Waals surface area contributed by atoms with Crippen LogP contribution in [0.25, 0.3) is 0 Å². The van der Waals surface area contributed by atoms with Gasteiger partial charge in [0.2, 0.25) is 5.91 Å². The lowest BCUT2D eigenvalue weighted by Gasteiger charge is -2.20. The molecule has 0 spiro atoms. The van der Waals surface area contributed by atoms with Crippen LogP contribution in [0.5, 0.6) is 0 Å². The molecule has 0 bridgehead atoms. The van der Waals surface area contributed by atoms with Gasteiger partial charge < -0.3 is 4.90 Å². The molecule has 0 atom stereocenters. The Morgan fingerprint density at radius 2 is 0.923 bits per heavy atom. The van der Waals surface area contributed by atoms with Crippen molar-refractivity contribution in [3.8, 4) is 0 Å². The number of amides is 1. The van der Waals surface area contributed by atoms with Gasteiger partial charge in [0.25, 0.3) is 0 Å². The van der Waals surface area contributed by atoms with Crippen molar-refractivity contribution >= 4 is 5.91 Å². The molecule has 0 saturated heterocycles. The molecule has 2 nitrogen and oxygen atoms in total. The van der Waals surface area contributed by atoms with E-state index in [1.807, 2.05) is 0 Å². The van der Waals surface area contributed by atoms with Crippen molar-refractivity contribution in [2.75, 3.05) is 13.1 Å². The van der Waals surface area contributed by atoms with Crippen LogP contribution in [-0.2, 0) is 4.79 Å². The van der Waals surface area contributed by atoms with Gasteiger partial charge in [-0.2, -0.15) is 0 Å². The second kappa shape index (κ2) is 20.8. The molecule has 1 amide bonds. The summed E-state index contributed by atoms with van der Waals surface area (Å²) < 4.78 is 0. The Morgan fingerprint density at radius 3 is 1.35 bits per heavy atom. The van der Waals surface area contributed by atoms with E-state index in [-0.39, 0.29) is 0 Å². The molecule has 0 rings (SSSR count). The zero-order chi connectivity index (χ0) is 19.3. The van der Waals surface area contributed by atoms with E-state index in [0.29, 0.717) is 5.91 Å². The molecule has 0 aromatic rings. The molecule has 0 aliphatic carbocycles. The summed E-state index contributed by atoms with van der Waals surface area (Å²) in [6.07, 6.45) is 23.7. The zero-order valence-corrected chi connectivity index (χ0v) is 18.5. The predicted molar refractivity (Wildman–Crippen MR) is 117 cm³/mol. The van der Waals surface area contributed by atoms with E-state index in [2.05, 4.69) is 25.7 Å². The Balaban J connectivity index is 3.34. The maximum absolute atomic E-state index is 12.1. The van der Waals surface area contributed by atoms with Crippen LogP contribution in [0.1, 0.15) is 136 Å². The minimum atomic E-state index is 0.371. The lowest BCUT2D eigenvalue weighted by Crippen LogP contribution is -2.31. The minimum absolute atomic E-state index is 0.371. The molecule has 0 aliphatic heterocycles. The molecule has 0 aromatic carbocycles. The van der Waals surface area contributed by atoms with Gasteiger partial charge in [0.05, 0.1) is 0 Å². The predicted octanol–water partition coefficient (Wildman–Crippen LogP) is 7.90. The lowest BCUT2D eigenvalue weighted by molar-refractivity contribution is -0.131.